The summed E-state index contributed by atoms with van der Waals surface area (Å²) in [6.07, 6.45) is 6.86. The zero-order valence-corrected chi connectivity index (χ0v) is 13.6. The number of piperazine rings is 1. The summed E-state index contributed by atoms with van der Waals surface area (Å²) in [5.74, 6) is 4.80. The summed E-state index contributed by atoms with van der Waals surface area (Å²) in [6.45, 7) is 7.40. The second-order valence-corrected chi connectivity index (χ2v) is 8.50. The van der Waals surface area contributed by atoms with Crippen LogP contribution in [0.3, 0.4) is 0 Å². The molecule has 1 atom stereocenters. The van der Waals surface area contributed by atoms with Crippen LogP contribution in [0.2, 0.25) is 0 Å². The van der Waals surface area contributed by atoms with Crippen LogP contribution in [0.15, 0.2) is 0 Å². The van der Waals surface area contributed by atoms with Crippen LogP contribution >= 0.6 is 0 Å². The van der Waals surface area contributed by atoms with Crippen LogP contribution in [0.25, 0.3) is 0 Å². The number of hydrogen-bond donors (Lipinski definition) is 1. The molecule has 1 N–H and O–H groups in total. The highest BCUT2D eigenvalue weighted by molar-refractivity contribution is 5.80. The molecule has 21 heavy (non-hydrogen) atoms. The fourth-order valence-corrected chi connectivity index (χ4v) is 6.11. The van der Waals surface area contributed by atoms with Crippen LogP contribution in [-0.2, 0) is 4.79 Å². The van der Waals surface area contributed by atoms with Crippen LogP contribution in [0, 0.1) is 35.5 Å². The molecule has 118 valence electrons. The molecule has 1 aliphatic heterocycles. The Labute approximate surface area is 128 Å². The van der Waals surface area contributed by atoms with Gasteiger partial charge in [0, 0.05) is 31.6 Å². The van der Waals surface area contributed by atoms with Gasteiger partial charge in [-0.1, -0.05) is 13.8 Å². The molecule has 1 amide bonds. The van der Waals surface area contributed by atoms with E-state index < -0.39 is 0 Å². The molecule has 0 aromatic rings. The Morgan fingerprint density at radius 2 is 1.67 bits per heavy atom. The predicted octanol–water partition coefficient (Wildman–Crippen LogP) is 2.52. The quantitative estimate of drug-likeness (QED) is 0.847. The summed E-state index contributed by atoms with van der Waals surface area (Å²) in [5.41, 5.74) is 0. The van der Waals surface area contributed by atoms with Gasteiger partial charge in [-0.2, -0.15) is 0 Å². The van der Waals surface area contributed by atoms with Crippen molar-refractivity contribution in [3.63, 3.8) is 0 Å². The van der Waals surface area contributed by atoms with E-state index in [1.165, 1.54) is 32.1 Å². The molecule has 3 nitrogen and oxygen atoms in total. The van der Waals surface area contributed by atoms with Crippen molar-refractivity contribution < 1.29 is 4.79 Å². The van der Waals surface area contributed by atoms with Gasteiger partial charge < -0.3 is 10.2 Å². The van der Waals surface area contributed by atoms with Gasteiger partial charge in [0.1, 0.15) is 0 Å². The van der Waals surface area contributed by atoms with Crippen LogP contribution in [0.1, 0.15) is 46.0 Å². The first kappa shape index (κ1) is 14.0. The van der Waals surface area contributed by atoms with Gasteiger partial charge in [-0.05, 0) is 61.7 Å². The van der Waals surface area contributed by atoms with E-state index in [9.17, 15) is 4.79 Å². The first-order valence-corrected chi connectivity index (χ1v) is 9.14. The van der Waals surface area contributed by atoms with E-state index in [2.05, 4.69) is 24.1 Å². The summed E-state index contributed by atoms with van der Waals surface area (Å²) in [4.78, 5) is 15.6. The predicted molar refractivity (Wildman–Crippen MR) is 83.7 cm³/mol. The first-order chi connectivity index (χ1) is 10.1. The van der Waals surface area contributed by atoms with E-state index in [0.717, 1.165) is 43.3 Å². The summed E-state index contributed by atoms with van der Waals surface area (Å²) in [6, 6.07) is 0.406. The normalized spacial score (nSPS) is 45.4. The average molecular weight is 290 g/mol. The molecule has 4 bridgehead atoms. The fraction of sp³-hybridized carbons (Fsp3) is 0.944. The van der Waals surface area contributed by atoms with Gasteiger partial charge >= 0.3 is 0 Å². The van der Waals surface area contributed by atoms with Crippen molar-refractivity contribution in [2.45, 2.75) is 52.0 Å². The second kappa shape index (κ2) is 5.26. The molecule has 5 rings (SSSR count). The molecular weight excluding hydrogens is 260 g/mol. The molecule has 1 heterocycles. The molecule has 1 saturated heterocycles. The Kier molecular flexibility index (Phi) is 3.52. The van der Waals surface area contributed by atoms with E-state index in [1.54, 1.807) is 0 Å². The van der Waals surface area contributed by atoms with Crippen molar-refractivity contribution >= 4 is 5.91 Å². The monoisotopic (exact) mass is 290 g/mol. The molecule has 5 fully saturated rings. The maximum absolute atomic E-state index is 13.3. The van der Waals surface area contributed by atoms with Crippen molar-refractivity contribution in [1.82, 2.24) is 10.2 Å². The molecule has 1 unspecified atom stereocenters. The number of nitrogens with zero attached hydrogens (tertiary/aromatic N) is 1. The van der Waals surface area contributed by atoms with E-state index in [0.29, 0.717) is 23.8 Å². The van der Waals surface area contributed by atoms with Crippen molar-refractivity contribution in [1.29, 1.82) is 0 Å². The van der Waals surface area contributed by atoms with Crippen LogP contribution < -0.4 is 5.32 Å². The topological polar surface area (TPSA) is 32.3 Å². The molecular formula is C18H30N2O. The number of hydrogen-bond acceptors (Lipinski definition) is 2. The lowest BCUT2D eigenvalue weighted by Gasteiger charge is -2.55. The lowest BCUT2D eigenvalue weighted by Crippen LogP contribution is -2.60. The molecule has 5 aliphatic rings. The third-order valence-corrected chi connectivity index (χ3v) is 6.85. The molecule has 3 heteroatoms. The Morgan fingerprint density at radius 1 is 1.05 bits per heavy atom. The number of amides is 1. The molecule has 0 radical (unpaired) electrons. The van der Waals surface area contributed by atoms with Gasteiger partial charge in [0.15, 0.2) is 0 Å². The minimum Gasteiger partial charge on any atom is -0.337 e. The zero-order valence-electron chi connectivity index (χ0n) is 13.6. The van der Waals surface area contributed by atoms with Crippen LogP contribution in [0.4, 0.5) is 0 Å². The van der Waals surface area contributed by atoms with Crippen LogP contribution in [-0.4, -0.2) is 36.5 Å². The van der Waals surface area contributed by atoms with Crippen molar-refractivity contribution in [2.75, 3.05) is 19.6 Å². The lowest BCUT2D eigenvalue weighted by atomic mass is 9.51. The third kappa shape index (κ3) is 2.32. The molecule has 0 aromatic heterocycles. The van der Waals surface area contributed by atoms with Gasteiger partial charge in [-0.15, -0.1) is 0 Å². The van der Waals surface area contributed by atoms with Gasteiger partial charge in [0.05, 0.1) is 0 Å². The number of carbonyl (C=O) groups is 1. The lowest BCUT2D eigenvalue weighted by molar-refractivity contribution is -0.153. The summed E-state index contributed by atoms with van der Waals surface area (Å²) in [5, 5.41) is 3.47. The van der Waals surface area contributed by atoms with E-state index in [-0.39, 0.29) is 0 Å². The Balaban J connectivity index is 1.54. The van der Waals surface area contributed by atoms with Gasteiger partial charge in [-0.3, -0.25) is 4.79 Å². The van der Waals surface area contributed by atoms with E-state index in [1.807, 2.05) is 0 Å². The first-order valence-electron chi connectivity index (χ1n) is 9.14. The third-order valence-electron chi connectivity index (χ3n) is 6.85. The molecule has 0 spiro atoms. The van der Waals surface area contributed by atoms with Crippen molar-refractivity contribution in [3.8, 4) is 0 Å². The Hall–Kier alpha value is -0.570. The van der Waals surface area contributed by atoms with Crippen molar-refractivity contribution in [2.24, 2.45) is 35.5 Å². The minimum absolute atomic E-state index is 0.372. The molecule has 4 saturated carbocycles. The Morgan fingerprint density at radius 3 is 2.24 bits per heavy atom. The second-order valence-electron chi connectivity index (χ2n) is 8.50. The fourth-order valence-electron chi connectivity index (χ4n) is 6.11. The van der Waals surface area contributed by atoms with Gasteiger partial charge in [0.25, 0.3) is 0 Å². The number of rotatable bonds is 2. The van der Waals surface area contributed by atoms with E-state index >= 15 is 0 Å². The summed E-state index contributed by atoms with van der Waals surface area (Å²) >= 11 is 0. The zero-order chi connectivity index (χ0) is 14.6. The number of nitrogens with one attached hydrogen (secondary N) is 1. The summed E-state index contributed by atoms with van der Waals surface area (Å²) in [7, 11) is 0. The summed E-state index contributed by atoms with van der Waals surface area (Å²) < 4.78 is 0. The highest BCUT2D eigenvalue weighted by atomic mass is 16.2. The Bertz CT molecular complexity index is 391. The van der Waals surface area contributed by atoms with Crippen LogP contribution in [0.5, 0.6) is 0 Å². The maximum atomic E-state index is 13.3. The molecule has 0 aromatic carbocycles. The SMILES string of the molecule is CC(C)C1CNCCN1C(=O)C1C2CC3CC(C2)CC1C3. The van der Waals surface area contributed by atoms with Crippen molar-refractivity contribution in [3.05, 3.63) is 0 Å². The minimum atomic E-state index is 0.372. The highest BCUT2D eigenvalue weighted by Gasteiger charge is 2.52. The average Bonchev–Trinajstić information content (AvgIpc) is 2.46. The van der Waals surface area contributed by atoms with Gasteiger partial charge in [0.2, 0.25) is 5.91 Å². The maximum Gasteiger partial charge on any atom is 0.226 e. The molecule has 4 aliphatic carbocycles. The van der Waals surface area contributed by atoms with Gasteiger partial charge in [-0.25, -0.2) is 0 Å². The standard InChI is InChI=1S/C18H30N2O/c1-11(2)16-10-19-3-4-20(16)18(21)17-14-6-12-5-13(8-14)9-15(17)7-12/h11-17,19H,3-10H2,1-2H3. The van der Waals surface area contributed by atoms with E-state index in [4.69, 9.17) is 0 Å². The largest absolute Gasteiger partial charge is 0.337 e. The smallest absolute Gasteiger partial charge is 0.226 e. The number of carbonyl (C=O) groups excluding carboxylic acids is 1. The highest BCUT2D eigenvalue weighted by Crippen LogP contribution is 2.57.